The molecule has 0 aliphatic carbocycles. The summed E-state index contributed by atoms with van der Waals surface area (Å²) >= 11 is 1.37. The maximum atomic E-state index is 10.3. The molecule has 4 nitrogen and oxygen atoms in total. The Morgan fingerprint density at radius 2 is 2.64 bits per heavy atom. The normalized spacial score (nSPS) is 9.91. The second kappa shape index (κ2) is 3.43. The van der Waals surface area contributed by atoms with Crippen molar-refractivity contribution in [3.8, 4) is 0 Å². The molecule has 0 spiro atoms. The number of hydrogen-bond donors (Lipinski definition) is 1. The highest BCUT2D eigenvalue weighted by molar-refractivity contribution is 7.98. The first-order valence-corrected chi connectivity index (χ1v) is 4.09. The van der Waals surface area contributed by atoms with E-state index in [1.54, 1.807) is 0 Å². The minimum Gasteiger partial charge on any atom is -0.436 e. The second-order valence-corrected chi connectivity index (χ2v) is 2.54. The number of rotatable bonds is 3. The van der Waals surface area contributed by atoms with Gasteiger partial charge in [0, 0.05) is 0 Å². The van der Waals surface area contributed by atoms with Crippen LogP contribution in [-0.4, -0.2) is 17.1 Å². The highest BCUT2D eigenvalue weighted by Crippen LogP contribution is 2.14. The first-order valence-electron chi connectivity index (χ1n) is 2.86. The van der Waals surface area contributed by atoms with Gasteiger partial charge >= 0.3 is 0 Å². The SMILES string of the molecule is CSc1ncc([CH]C(N)=O)o1. The van der Waals surface area contributed by atoms with E-state index in [-0.39, 0.29) is 0 Å². The number of amides is 1. The van der Waals surface area contributed by atoms with Crippen LogP contribution in [0.1, 0.15) is 5.76 Å². The van der Waals surface area contributed by atoms with E-state index in [9.17, 15) is 4.79 Å². The lowest BCUT2D eigenvalue weighted by atomic mass is 10.3. The Morgan fingerprint density at radius 3 is 3.09 bits per heavy atom. The highest BCUT2D eigenvalue weighted by atomic mass is 32.2. The van der Waals surface area contributed by atoms with Crippen molar-refractivity contribution in [2.24, 2.45) is 5.73 Å². The van der Waals surface area contributed by atoms with Crippen molar-refractivity contribution in [3.05, 3.63) is 18.4 Å². The Bertz CT molecular complexity index is 259. The van der Waals surface area contributed by atoms with Crippen LogP contribution in [0, 0.1) is 6.42 Å². The molecular formula is C6H7N2O2S. The Morgan fingerprint density at radius 1 is 1.91 bits per heavy atom. The maximum absolute atomic E-state index is 10.3. The van der Waals surface area contributed by atoms with Gasteiger partial charge in [-0.15, -0.1) is 0 Å². The van der Waals surface area contributed by atoms with Crippen LogP contribution >= 0.6 is 11.8 Å². The number of oxazole rings is 1. The summed E-state index contributed by atoms with van der Waals surface area (Å²) in [7, 11) is 0. The second-order valence-electron chi connectivity index (χ2n) is 1.78. The van der Waals surface area contributed by atoms with Crippen LogP contribution in [0.25, 0.3) is 0 Å². The van der Waals surface area contributed by atoms with E-state index < -0.39 is 5.91 Å². The first-order chi connectivity index (χ1) is 5.22. The number of nitrogens with zero attached hydrogens (tertiary/aromatic N) is 1. The smallest absolute Gasteiger partial charge is 0.255 e. The number of hydrogen-bond acceptors (Lipinski definition) is 4. The van der Waals surface area contributed by atoms with Gasteiger partial charge in [-0.05, 0) is 6.26 Å². The third-order valence-corrected chi connectivity index (χ3v) is 1.50. The molecule has 1 rings (SSSR count). The number of nitrogens with two attached hydrogens (primary N) is 1. The van der Waals surface area contributed by atoms with E-state index in [1.807, 2.05) is 6.26 Å². The minimum atomic E-state index is -0.534. The monoisotopic (exact) mass is 171 g/mol. The van der Waals surface area contributed by atoms with E-state index in [4.69, 9.17) is 10.2 Å². The average Bonchev–Trinajstić information content (AvgIpc) is 2.34. The van der Waals surface area contributed by atoms with Crippen molar-refractivity contribution in [1.82, 2.24) is 4.98 Å². The zero-order valence-corrected chi connectivity index (χ0v) is 6.72. The third-order valence-electron chi connectivity index (χ3n) is 0.961. The lowest BCUT2D eigenvalue weighted by molar-refractivity contribution is -0.114. The minimum absolute atomic E-state index is 0.391. The van der Waals surface area contributed by atoms with E-state index in [1.165, 1.54) is 24.4 Å². The van der Waals surface area contributed by atoms with Crippen molar-refractivity contribution in [3.63, 3.8) is 0 Å². The van der Waals surface area contributed by atoms with Crippen LogP contribution in [0.2, 0.25) is 0 Å². The van der Waals surface area contributed by atoms with Crippen LogP contribution in [0.15, 0.2) is 15.8 Å². The Labute approximate surface area is 68.2 Å². The molecule has 1 aromatic heterocycles. The molecule has 0 aliphatic rings. The summed E-state index contributed by atoms with van der Waals surface area (Å²) in [5.74, 6) is -0.143. The fourth-order valence-corrected chi connectivity index (χ4v) is 0.909. The van der Waals surface area contributed by atoms with Crippen LogP contribution < -0.4 is 5.73 Å². The van der Waals surface area contributed by atoms with Crippen molar-refractivity contribution in [2.75, 3.05) is 6.26 Å². The van der Waals surface area contributed by atoms with E-state index in [0.29, 0.717) is 11.0 Å². The Balaban J connectivity index is 2.65. The van der Waals surface area contributed by atoms with Crippen molar-refractivity contribution in [1.29, 1.82) is 0 Å². The molecule has 0 saturated carbocycles. The summed E-state index contributed by atoms with van der Waals surface area (Å²) in [4.78, 5) is 14.2. The number of thioether (sulfide) groups is 1. The van der Waals surface area contributed by atoms with Gasteiger partial charge in [0.05, 0.1) is 6.20 Å². The quantitative estimate of drug-likeness (QED) is 0.670. The molecule has 0 fully saturated rings. The summed E-state index contributed by atoms with van der Waals surface area (Å²) in [6, 6.07) is 0. The molecule has 59 valence electrons. The van der Waals surface area contributed by atoms with Gasteiger partial charge in [0.15, 0.2) is 0 Å². The summed E-state index contributed by atoms with van der Waals surface area (Å²) in [6.07, 6.45) is 4.48. The summed E-state index contributed by atoms with van der Waals surface area (Å²) in [6.45, 7) is 0. The van der Waals surface area contributed by atoms with Gasteiger partial charge in [0.25, 0.3) is 5.22 Å². The highest BCUT2D eigenvalue weighted by Gasteiger charge is 2.05. The molecule has 0 unspecified atom stereocenters. The lowest BCUT2D eigenvalue weighted by Crippen LogP contribution is -2.10. The molecule has 1 heterocycles. The number of carbonyl (C=O) groups excluding carboxylic acids is 1. The maximum Gasteiger partial charge on any atom is 0.255 e. The molecule has 0 aromatic carbocycles. The van der Waals surface area contributed by atoms with Crippen molar-refractivity contribution >= 4 is 17.7 Å². The van der Waals surface area contributed by atoms with Gasteiger partial charge in [-0.2, -0.15) is 0 Å². The molecular weight excluding hydrogens is 164 g/mol. The zero-order valence-electron chi connectivity index (χ0n) is 5.90. The van der Waals surface area contributed by atoms with Crippen molar-refractivity contribution in [2.45, 2.75) is 5.22 Å². The van der Waals surface area contributed by atoms with E-state index in [0.717, 1.165) is 0 Å². The summed E-state index contributed by atoms with van der Waals surface area (Å²) in [5.41, 5.74) is 4.89. The van der Waals surface area contributed by atoms with Crippen LogP contribution in [0.3, 0.4) is 0 Å². The predicted molar refractivity (Wildman–Crippen MR) is 40.9 cm³/mol. The number of primary amides is 1. The van der Waals surface area contributed by atoms with Gasteiger partial charge in [0.2, 0.25) is 5.91 Å². The molecule has 2 N–H and O–H groups in total. The van der Waals surface area contributed by atoms with E-state index in [2.05, 4.69) is 4.98 Å². The molecule has 0 aliphatic heterocycles. The van der Waals surface area contributed by atoms with Crippen LogP contribution in [-0.2, 0) is 4.79 Å². The molecule has 11 heavy (non-hydrogen) atoms. The van der Waals surface area contributed by atoms with Gasteiger partial charge in [-0.1, -0.05) is 11.8 Å². The molecule has 0 saturated heterocycles. The molecule has 0 bridgehead atoms. The molecule has 1 aromatic rings. The van der Waals surface area contributed by atoms with Gasteiger partial charge < -0.3 is 10.2 Å². The summed E-state index contributed by atoms with van der Waals surface area (Å²) in [5, 5.41) is 0.525. The molecule has 1 amide bonds. The first kappa shape index (κ1) is 8.13. The fraction of sp³-hybridized carbons (Fsp3) is 0.167. The molecule has 0 atom stereocenters. The Hall–Kier alpha value is -0.970. The topological polar surface area (TPSA) is 69.1 Å². The van der Waals surface area contributed by atoms with Gasteiger partial charge in [-0.3, -0.25) is 4.79 Å². The number of carbonyl (C=O) groups is 1. The van der Waals surface area contributed by atoms with E-state index >= 15 is 0 Å². The standard InChI is InChI=1S/C6H7N2O2S/c1-11-6-8-3-4(10-6)2-5(7)9/h2-3H,1H3,(H2,7,9). The summed E-state index contributed by atoms with van der Waals surface area (Å²) < 4.78 is 5.04. The van der Waals surface area contributed by atoms with Gasteiger partial charge in [-0.25, -0.2) is 4.98 Å². The number of aromatic nitrogens is 1. The molecule has 1 radical (unpaired) electrons. The largest absolute Gasteiger partial charge is 0.436 e. The Kier molecular flexibility index (Phi) is 2.53. The average molecular weight is 171 g/mol. The van der Waals surface area contributed by atoms with Crippen LogP contribution in [0.4, 0.5) is 0 Å². The predicted octanol–water partition coefficient (Wildman–Crippen LogP) is 0.434. The lowest BCUT2D eigenvalue weighted by Gasteiger charge is -1.86. The van der Waals surface area contributed by atoms with Gasteiger partial charge in [0.1, 0.15) is 12.2 Å². The third kappa shape index (κ3) is 2.27. The zero-order chi connectivity index (χ0) is 8.27. The molecule has 5 heteroatoms. The fourth-order valence-electron chi connectivity index (χ4n) is 0.571. The van der Waals surface area contributed by atoms with Crippen LogP contribution in [0.5, 0.6) is 0 Å². The van der Waals surface area contributed by atoms with Crippen molar-refractivity contribution < 1.29 is 9.21 Å².